The van der Waals surface area contributed by atoms with Gasteiger partial charge in [0.25, 0.3) is 11.8 Å². The van der Waals surface area contributed by atoms with Crippen molar-refractivity contribution in [3.63, 3.8) is 0 Å². The van der Waals surface area contributed by atoms with Gasteiger partial charge < -0.3 is 10.2 Å². The van der Waals surface area contributed by atoms with Crippen molar-refractivity contribution in [1.82, 2.24) is 19.4 Å². The maximum atomic E-state index is 13.5. The maximum Gasteiger partial charge on any atom is 0.323 e. The first-order valence-corrected chi connectivity index (χ1v) is 16.0. The number of nitrogens with one attached hydrogen (secondary N) is 2. The number of nitrogens with zero attached hydrogens (tertiary/aromatic N) is 3. The average molecular weight is 612 g/mol. The molecule has 0 radical (unpaired) electrons. The number of sulfonamides is 1. The van der Waals surface area contributed by atoms with Gasteiger partial charge in [0.1, 0.15) is 5.00 Å². The normalized spacial score (nSPS) is 13.6. The minimum atomic E-state index is -3.84. The summed E-state index contributed by atoms with van der Waals surface area (Å²) in [5.74, 6) is -1.05. The largest absolute Gasteiger partial charge is 0.331 e. The van der Waals surface area contributed by atoms with Gasteiger partial charge in [0.05, 0.1) is 10.5 Å². The Morgan fingerprint density at radius 3 is 2.26 bits per heavy atom. The van der Waals surface area contributed by atoms with E-state index in [1.165, 1.54) is 44.8 Å². The number of hydrogen-bond acceptors (Lipinski definition) is 7. The Kier molecular flexibility index (Phi) is 9.82. The lowest BCUT2D eigenvalue weighted by Gasteiger charge is -2.26. The van der Waals surface area contributed by atoms with Crippen LogP contribution in [0.1, 0.15) is 57.5 Å². The van der Waals surface area contributed by atoms with Crippen molar-refractivity contribution >= 4 is 44.2 Å². The summed E-state index contributed by atoms with van der Waals surface area (Å²) in [6, 6.07) is 14.3. The van der Waals surface area contributed by atoms with E-state index >= 15 is 0 Å². The molecule has 0 saturated heterocycles. The number of thiophene rings is 1. The van der Waals surface area contributed by atoms with Crippen LogP contribution in [0.5, 0.6) is 0 Å². The number of carbonyl (C=O) groups is 3. The molecule has 0 bridgehead atoms. The molecule has 3 aromatic rings. The second kappa shape index (κ2) is 13.2. The molecule has 2 aromatic carbocycles. The third kappa shape index (κ3) is 6.89. The summed E-state index contributed by atoms with van der Waals surface area (Å²) in [4.78, 5) is 43.3. The smallest absolute Gasteiger partial charge is 0.323 e. The Hall–Kier alpha value is -3.58. The maximum absolute atomic E-state index is 13.5. The molecule has 1 aliphatic rings. The first-order valence-electron chi connectivity index (χ1n) is 13.8. The van der Waals surface area contributed by atoms with E-state index in [-0.39, 0.29) is 23.0 Å². The summed E-state index contributed by atoms with van der Waals surface area (Å²) in [7, 11) is -0.754. The molecule has 2 N–H and O–H groups in total. The Balaban J connectivity index is 1.58. The molecule has 4 rings (SSSR count). The zero-order valence-electron chi connectivity index (χ0n) is 24.5. The van der Waals surface area contributed by atoms with E-state index in [2.05, 4.69) is 22.5 Å². The lowest BCUT2D eigenvalue weighted by atomic mass is 10.0. The molecule has 42 heavy (non-hydrogen) atoms. The molecule has 0 fully saturated rings. The van der Waals surface area contributed by atoms with Crippen molar-refractivity contribution in [2.45, 2.75) is 51.2 Å². The number of rotatable bonds is 9. The van der Waals surface area contributed by atoms with Crippen LogP contribution in [0.15, 0.2) is 59.5 Å². The van der Waals surface area contributed by atoms with Gasteiger partial charge >= 0.3 is 6.03 Å². The Morgan fingerprint density at radius 2 is 1.67 bits per heavy atom. The minimum Gasteiger partial charge on any atom is -0.331 e. The van der Waals surface area contributed by atoms with Crippen molar-refractivity contribution in [2.75, 3.05) is 32.5 Å². The van der Waals surface area contributed by atoms with E-state index in [0.717, 1.165) is 29.1 Å². The highest BCUT2D eigenvalue weighted by atomic mass is 32.2. The van der Waals surface area contributed by atoms with Crippen LogP contribution in [0.4, 0.5) is 9.80 Å². The second-order valence-corrected chi connectivity index (χ2v) is 13.6. The molecule has 12 heteroatoms. The number of likely N-dealkylation sites (N-methyl/N-ethyl adjacent to an activating group) is 1. The Morgan fingerprint density at radius 1 is 1.00 bits per heavy atom. The molecule has 1 aliphatic heterocycles. The van der Waals surface area contributed by atoms with Gasteiger partial charge in [-0.2, -0.15) is 4.31 Å². The molecule has 0 saturated carbocycles. The van der Waals surface area contributed by atoms with E-state index in [9.17, 15) is 22.8 Å². The zero-order valence-corrected chi connectivity index (χ0v) is 26.1. The fourth-order valence-electron chi connectivity index (χ4n) is 4.72. The molecule has 1 aromatic heterocycles. The van der Waals surface area contributed by atoms with E-state index in [1.807, 2.05) is 44.2 Å². The SMILES string of the molecule is CCN1CCc2c(sc(NC(=O)c3ccc(S(=O)(=O)N(Cc4ccccc4)C(C)C)cc3)c2C(=O)NC(=O)N(C)C)C1. The van der Waals surface area contributed by atoms with Gasteiger partial charge in [-0.05, 0) is 62.2 Å². The third-order valence-electron chi connectivity index (χ3n) is 7.14. The van der Waals surface area contributed by atoms with Crippen molar-refractivity contribution in [3.05, 3.63) is 81.7 Å². The van der Waals surface area contributed by atoms with Crippen molar-refractivity contribution in [3.8, 4) is 0 Å². The van der Waals surface area contributed by atoms with Crippen molar-refractivity contribution in [1.29, 1.82) is 0 Å². The average Bonchev–Trinajstić information content (AvgIpc) is 3.33. The van der Waals surface area contributed by atoms with Crippen molar-refractivity contribution < 1.29 is 22.8 Å². The zero-order chi connectivity index (χ0) is 30.6. The van der Waals surface area contributed by atoms with Gasteiger partial charge in [-0.3, -0.25) is 19.8 Å². The summed E-state index contributed by atoms with van der Waals surface area (Å²) >= 11 is 1.32. The fraction of sp³-hybridized carbons (Fsp3) is 0.367. The molecule has 4 amide bonds. The molecule has 0 aliphatic carbocycles. The number of urea groups is 1. The standard InChI is InChI=1S/C30H37N5O5S2/c1-6-34-17-16-24-25(19-34)41-29(26(24)28(37)32-30(38)33(4)5)31-27(36)22-12-14-23(15-13-22)42(39,40)35(20(2)3)18-21-10-8-7-9-11-21/h7-15,20H,6,16-19H2,1-5H3,(H,31,36)(H,32,37,38). The van der Waals surface area contributed by atoms with Crippen LogP contribution in [-0.2, 0) is 29.5 Å². The Bertz CT molecular complexity index is 1550. The van der Waals surface area contributed by atoms with Crippen LogP contribution in [0.25, 0.3) is 0 Å². The van der Waals surface area contributed by atoms with E-state index < -0.39 is 27.9 Å². The van der Waals surface area contributed by atoms with Crippen LogP contribution in [0.3, 0.4) is 0 Å². The van der Waals surface area contributed by atoms with E-state index in [4.69, 9.17) is 0 Å². The minimum absolute atomic E-state index is 0.0807. The number of anilines is 1. The summed E-state index contributed by atoms with van der Waals surface area (Å²) in [6.45, 7) is 8.21. The number of amides is 4. The summed E-state index contributed by atoms with van der Waals surface area (Å²) < 4.78 is 28.5. The predicted octanol–water partition coefficient (Wildman–Crippen LogP) is 4.39. The number of benzene rings is 2. The molecule has 2 heterocycles. The third-order valence-corrected chi connectivity index (χ3v) is 10.3. The number of fused-ring (bicyclic) bond motifs is 1. The first kappa shape index (κ1) is 31.4. The van der Waals surface area contributed by atoms with Gasteiger partial charge in [-0.15, -0.1) is 11.3 Å². The molecule has 0 unspecified atom stereocenters. The molecule has 0 spiro atoms. The summed E-state index contributed by atoms with van der Waals surface area (Å²) in [5.41, 5.74) is 2.24. The Labute approximate surface area is 251 Å². The highest BCUT2D eigenvalue weighted by molar-refractivity contribution is 7.89. The van der Waals surface area contributed by atoms with Crippen LogP contribution < -0.4 is 10.6 Å². The van der Waals surface area contributed by atoms with Crippen LogP contribution in [0.2, 0.25) is 0 Å². The van der Waals surface area contributed by atoms with Crippen LogP contribution in [-0.4, -0.2) is 73.6 Å². The topological polar surface area (TPSA) is 119 Å². The first-order chi connectivity index (χ1) is 19.9. The number of imide groups is 1. The molecular weight excluding hydrogens is 574 g/mol. The van der Waals surface area contributed by atoms with E-state index in [1.54, 1.807) is 14.1 Å². The predicted molar refractivity (Wildman–Crippen MR) is 164 cm³/mol. The lowest BCUT2D eigenvalue weighted by molar-refractivity contribution is 0.0956. The number of hydrogen-bond donors (Lipinski definition) is 2. The molecule has 224 valence electrons. The molecule has 0 atom stereocenters. The van der Waals surface area contributed by atoms with E-state index in [0.29, 0.717) is 23.5 Å². The second-order valence-electron chi connectivity index (χ2n) is 10.6. The lowest BCUT2D eigenvalue weighted by Crippen LogP contribution is -2.39. The quantitative estimate of drug-likeness (QED) is 0.371. The molecular formula is C30H37N5O5S2. The van der Waals surface area contributed by atoms with Gasteiger partial charge in [-0.25, -0.2) is 13.2 Å². The van der Waals surface area contributed by atoms with Crippen LogP contribution in [0, 0.1) is 0 Å². The van der Waals surface area contributed by atoms with Gasteiger partial charge in [0.15, 0.2) is 0 Å². The van der Waals surface area contributed by atoms with Gasteiger partial charge in [-0.1, -0.05) is 37.3 Å². The summed E-state index contributed by atoms with van der Waals surface area (Å²) in [5, 5.41) is 5.60. The van der Waals surface area contributed by atoms with Crippen LogP contribution >= 0.6 is 11.3 Å². The highest BCUT2D eigenvalue weighted by Crippen LogP contribution is 2.37. The summed E-state index contributed by atoms with van der Waals surface area (Å²) in [6.07, 6.45) is 0.621. The van der Waals surface area contributed by atoms with Gasteiger partial charge in [0.2, 0.25) is 10.0 Å². The fourth-order valence-corrected chi connectivity index (χ4v) is 7.63. The monoisotopic (exact) mass is 611 g/mol. The van der Waals surface area contributed by atoms with Gasteiger partial charge in [0, 0.05) is 50.2 Å². The van der Waals surface area contributed by atoms with Crippen molar-refractivity contribution in [2.24, 2.45) is 0 Å². The molecule has 10 nitrogen and oxygen atoms in total. The number of carbonyl (C=O) groups excluding carboxylic acids is 3. The highest BCUT2D eigenvalue weighted by Gasteiger charge is 2.30.